The Labute approximate surface area is 241 Å². The summed E-state index contributed by atoms with van der Waals surface area (Å²) in [6.45, 7) is -0.159. The van der Waals surface area contributed by atoms with E-state index in [2.05, 4.69) is 21.2 Å². The van der Waals surface area contributed by atoms with Crippen LogP contribution >= 0.6 is 15.9 Å². The van der Waals surface area contributed by atoms with Crippen molar-refractivity contribution >= 4 is 33.4 Å². The van der Waals surface area contributed by atoms with Crippen molar-refractivity contribution in [3.05, 3.63) is 98.5 Å². The number of nitrogens with one attached hydrogen (secondary N) is 1. The predicted molar refractivity (Wildman–Crippen MR) is 154 cm³/mol. The van der Waals surface area contributed by atoms with Gasteiger partial charge in [0.15, 0.2) is 6.61 Å². The van der Waals surface area contributed by atoms with E-state index in [9.17, 15) is 19.7 Å². The van der Waals surface area contributed by atoms with Gasteiger partial charge in [-0.05, 0) is 42.2 Å². The third kappa shape index (κ3) is 7.81. The van der Waals surface area contributed by atoms with Crippen LogP contribution < -0.4 is 14.8 Å². The molecule has 1 aliphatic rings. The second-order valence-electron chi connectivity index (χ2n) is 9.72. The fraction of sp³-hybridized carbons (Fsp3) is 0.333. The molecule has 0 aliphatic heterocycles. The maximum absolute atomic E-state index is 13.8. The Kier molecular flexibility index (Phi) is 10.1. The van der Waals surface area contributed by atoms with Gasteiger partial charge in [-0.1, -0.05) is 71.2 Å². The van der Waals surface area contributed by atoms with Crippen LogP contribution in [-0.4, -0.2) is 47.4 Å². The quantitative estimate of drug-likeness (QED) is 0.216. The lowest BCUT2D eigenvalue weighted by molar-refractivity contribution is -0.385. The van der Waals surface area contributed by atoms with Gasteiger partial charge in [-0.25, -0.2) is 0 Å². The summed E-state index contributed by atoms with van der Waals surface area (Å²) in [5, 5.41) is 14.4. The van der Waals surface area contributed by atoms with Crippen molar-refractivity contribution in [3.8, 4) is 11.5 Å². The van der Waals surface area contributed by atoms with Gasteiger partial charge in [0.25, 0.3) is 5.91 Å². The number of carbonyl (C=O) groups excluding carboxylic acids is 2. The minimum atomic E-state index is -0.769. The van der Waals surface area contributed by atoms with Crippen molar-refractivity contribution in [2.45, 2.75) is 50.7 Å². The minimum absolute atomic E-state index is 0.0274. The molecule has 1 N–H and O–H groups in total. The Bertz CT molecular complexity index is 1310. The number of halogens is 1. The normalized spacial score (nSPS) is 13.8. The van der Waals surface area contributed by atoms with Crippen molar-refractivity contribution in [2.24, 2.45) is 0 Å². The largest absolute Gasteiger partial charge is 0.490 e. The highest BCUT2D eigenvalue weighted by molar-refractivity contribution is 9.10. The van der Waals surface area contributed by atoms with E-state index in [1.807, 2.05) is 54.6 Å². The van der Waals surface area contributed by atoms with Crippen LogP contribution in [0.25, 0.3) is 0 Å². The zero-order valence-electron chi connectivity index (χ0n) is 22.3. The molecule has 1 fully saturated rings. The first-order valence-corrected chi connectivity index (χ1v) is 14.0. The zero-order valence-corrected chi connectivity index (χ0v) is 23.8. The van der Waals surface area contributed by atoms with Crippen LogP contribution in [0, 0.1) is 10.1 Å². The van der Waals surface area contributed by atoms with Crippen LogP contribution in [0.4, 0.5) is 5.69 Å². The number of nitrogens with zero attached hydrogens (tertiary/aromatic N) is 2. The molecular formula is C30H32BrN3O6. The van der Waals surface area contributed by atoms with Gasteiger partial charge >= 0.3 is 5.69 Å². The highest BCUT2D eigenvalue weighted by Gasteiger charge is 2.32. The average Bonchev–Trinajstić information content (AvgIpc) is 3.47. The van der Waals surface area contributed by atoms with E-state index in [1.165, 1.54) is 25.3 Å². The number of nitro groups is 1. The Hall–Kier alpha value is -3.92. The highest BCUT2D eigenvalue weighted by Crippen LogP contribution is 2.31. The fourth-order valence-electron chi connectivity index (χ4n) is 4.83. The Morgan fingerprint density at radius 2 is 1.75 bits per heavy atom. The molecular weight excluding hydrogens is 578 g/mol. The van der Waals surface area contributed by atoms with Gasteiger partial charge in [0, 0.05) is 35.6 Å². The van der Waals surface area contributed by atoms with Crippen LogP contribution in [0.5, 0.6) is 11.5 Å². The van der Waals surface area contributed by atoms with Crippen LogP contribution in [0.2, 0.25) is 0 Å². The van der Waals surface area contributed by atoms with Crippen molar-refractivity contribution in [3.63, 3.8) is 0 Å². The molecule has 9 nitrogen and oxygen atoms in total. The van der Waals surface area contributed by atoms with E-state index in [0.717, 1.165) is 41.3 Å². The topological polar surface area (TPSA) is 111 Å². The average molecular weight is 611 g/mol. The molecule has 2 amide bonds. The van der Waals surface area contributed by atoms with Gasteiger partial charge in [-0.3, -0.25) is 19.7 Å². The van der Waals surface area contributed by atoms with E-state index in [-0.39, 0.29) is 48.2 Å². The molecule has 3 aromatic rings. The first kappa shape index (κ1) is 29.1. The van der Waals surface area contributed by atoms with Crippen LogP contribution in [0.3, 0.4) is 0 Å². The number of rotatable bonds is 12. The molecule has 4 rings (SSSR count). The molecule has 40 heavy (non-hydrogen) atoms. The third-order valence-electron chi connectivity index (χ3n) is 6.95. The lowest BCUT2D eigenvalue weighted by Crippen LogP contribution is -2.53. The molecule has 0 radical (unpaired) electrons. The number of methoxy groups -OCH3 is 1. The molecule has 1 unspecified atom stereocenters. The lowest BCUT2D eigenvalue weighted by atomic mass is 10.0. The number of amides is 2. The van der Waals surface area contributed by atoms with Crippen LogP contribution in [0.1, 0.15) is 36.8 Å². The molecule has 0 heterocycles. The molecule has 1 saturated carbocycles. The molecule has 0 spiro atoms. The van der Waals surface area contributed by atoms with Gasteiger partial charge in [0.1, 0.15) is 11.8 Å². The molecule has 10 heteroatoms. The maximum Gasteiger partial charge on any atom is 0.311 e. The number of benzene rings is 3. The summed E-state index contributed by atoms with van der Waals surface area (Å²) in [5.41, 5.74) is 1.59. The molecule has 0 saturated heterocycles. The number of ether oxygens (including phenoxy) is 2. The Balaban J connectivity index is 1.61. The van der Waals surface area contributed by atoms with Crippen molar-refractivity contribution in [1.29, 1.82) is 0 Å². The van der Waals surface area contributed by atoms with Crippen LogP contribution in [0.15, 0.2) is 77.3 Å². The van der Waals surface area contributed by atoms with Gasteiger partial charge < -0.3 is 19.7 Å². The lowest BCUT2D eigenvalue weighted by Gasteiger charge is -2.32. The van der Waals surface area contributed by atoms with E-state index in [0.29, 0.717) is 6.42 Å². The molecule has 1 atom stereocenters. The molecule has 0 aromatic heterocycles. The van der Waals surface area contributed by atoms with Gasteiger partial charge in [-0.2, -0.15) is 0 Å². The number of carbonyl (C=O) groups is 2. The monoisotopic (exact) mass is 609 g/mol. The first-order chi connectivity index (χ1) is 19.3. The summed E-state index contributed by atoms with van der Waals surface area (Å²) >= 11 is 3.45. The smallest absolute Gasteiger partial charge is 0.311 e. The van der Waals surface area contributed by atoms with Crippen molar-refractivity contribution in [1.82, 2.24) is 10.2 Å². The molecule has 0 bridgehead atoms. The zero-order chi connectivity index (χ0) is 28.5. The number of hydrogen-bond donors (Lipinski definition) is 1. The second kappa shape index (κ2) is 13.9. The van der Waals surface area contributed by atoms with E-state index in [1.54, 1.807) is 4.90 Å². The summed E-state index contributed by atoms with van der Waals surface area (Å²) in [4.78, 5) is 39.7. The summed E-state index contributed by atoms with van der Waals surface area (Å²) in [6, 6.07) is 20.6. The third-order valence-corrected chi connectivity index (χ3v) is 7.48. The predicted octanol–water partition coefficient (Wildman–Crippen LogP) is 5.44. The van der Waals surface area contributed by atoms with E-state index < -0.39 is 11.0 Å². The molecule has 3 aromatic carbocycles. The van der Waals surface area contributed by atoms with Crippen molar-refractivity contribution in [2.75, 3.05) is 13.7 Å². The fourth-order valence-corrected chi connectivity index (χ4v) is 5.10. The van der Waals surface area contributed by atoms with Crippen LogP contribution in [-0.2, 0) is 22.6 Å². The first-order valence-electron chi connectivity index (χ1n) is 13.2. The SMILES string of the molecule is COc1cc(OCC(=O)N(Cc2ccc(Br)cc2)C(Cc2ccccc2)C(=O)NC2CCCC2)ccc1[N+](=O)[O-]. The van der Waals surface area contributed by atoms with E-state index in [4.69, 9.17) is 9.47 Å². The summed E-state index contributed by atoms with van der Waals surface area (Å²) in [5.74, 6) is -0.310. The van der Waals surface area contributed by atoms with Gasteiger partial charge in [0.2, 0.25) is 11.7 Å². The standard InChI is InChI=1S/C30H32BrN3O6/c1-39-28-18-25(15-16-26(28)34(37)38)40-20-29(35)33(19-22-11-13-23(31)14-12-22)27(17-21-7-3-2-4-8-21)30(36)32-24-9-5-6-10-24/h2-4,7-8,11-16,18,24,27H,5-6,9-10,17,19-20H2,1H3,(H,32,36). The highest BCUT2D eigenvalue weighted by atomic mass is 79.9. The second-order valence-corrected chi connectivity index (χ2v) is 10.6. The number of hydrogen-bond acceptors (Lipinski definition) is 6. The van der Waals surface area contributed by atoms with E-state index >= 15 is 0 Å². The van der Waals surface area contributed by atoms with Gasteiger partial charge in [-0.15, -0.1) is 0 Å². The summed E-state index contributed by atoms with van der Waals surface area (Å²) in [6.07, 6.45) is 4.34. The Morgan fingerprint density at radius 3 is 2.40 bits per heavy atom. The Morgan fingerprint density at radius 1 is 1.05 bits per heavy atom. The maximum atomic E-state index is 13.8. The number of nitro benzene ring substituents is 1. The van der Waals surface area contributed by atoms with Gasteiger partial charge in [0.05, 0.1) is 12.0 Å². The minimum Gasteiger partial charge on any atom is -0.490 e. The molecule has 210 valence electrons. The summed E-state index contributed by atoms with van der Waals surface area (Å²) < 4.78 is 11.8. The summed E-state index contributed by atoms with van der Waals surface area (Å²) in [7, 11) is 1.33. The van der Waals surface area contributed by atoms with Crippen molar-refractivity contribution < 1.29 is 24.0 Å². The molecule has 1 aliphatic carbocycles.